The van der Waals surface area contributed by atoms with Crippen molar-refractivity contribution >= 4 is 27.5 Å². The molecule has 36 valence electrons. The largest absolute Gasteiger partial charge is 0.501 e. The van der Waals surface area contributed by atoms with Crippen LogP contribution < -0.4 is 5.73 Å². The third kappa shape index (κ3) is 3.84. The minimum atomic E-state index is -1.90. The molecule has 2 N–H and O–H groups in total. The number of nitrogens with two attached hydrogens (primary N) is 1. The molecule has 0 saturated carbocycles. The first kappa shape index (κ1) is 5.84. The molecule has 0 rings (SSSR count). The molecule has 0 spiro atoms. The Kier molecular flexibility index (Phi) is 2.96. The maximum Gasteiger partial charge on any atom is 0.410 e. The van der Waals surface area contributed by atoms with E-state index in [0.29, 0.717) is 0 Å². The van der Waals surface area contributed by atoms with Gasteiger partial charge in [-0.2, -0.15) is 0 Å². The molecular weight excluding hydrogens is 121 g/mol. The molecular formula is CH4FNOSSi. The van der Waals surface area contributed by atoms with Gasteiger partial charge in [-0.05, 0) is 12.2 Å². The van der Waals surface area contributed by atoms with E-state index in [2.05, 4.69) is 16.6 Å². The highest BCUT2D eigenvalue weighted by Crippen LogP contribution is 1.67. The van der Waals surface area contributed by atoms with Gasteiger partial charge in [0.15, 0.2) is 0 Å². The maximum absolute atomic E-state index is 11.0. The molecule has 0 aliphatic rings. The summed E-state index contributed by atoms with van der Waals surface area (Å²) >= 11 is 4.14. The molecule has 0 fully saturated rings. The molecule has 2 nitrogen and oxygen atoms in total. The predicted octanol–water partition coefficient (Wildman–Crippen LogP) is -0.785. The Labute approximate surface area is 42.6 Å². The van der Waals surface area contributed by atoms with Crippen LogP contribution in [-0.4, -0.2) is 15.3 Å². The van der Waals surface area contributed by atoms with Crippen LogP contribution in [-0.2, 0) is 4.43 Å². The quantitative estimate of drug-likeness (QED) is 0.283. The molecule has 0 aromatic carbocycles. The summed E-state index contributed by atoms with van der Waals surface area (Å²) in [5.74, 6) is 0. The molecule has 0 aromatic heterocycles. The summed E-state index contributed by atoms with van der Waals surface area (Å²) in [5, 5.41) is -0.191. The number of thiocarbonyl (C=S) groups is 1. The number of halogens is 1. The predicted molar refractivity (Wildman–Crippen MR) is 27.5 cm³/mol. The van der Waals surface area contributed by atoms with Gasteiger partial charge < -0.3 is 10.2 Å². The average Bonchev–Trinajstić information content (AvgIpc) is 1.35. The van der Waals surface area contributed by atoms with E-state index in [4.69, 9.17) is 5.73 Å². The Morgan fingerprint density at radius 1 is 2.00 bits per heavy atom. The molecule has 0 aliphatic carbocycles. The first-order valence-electron chi connectivity index (χ1n) is 1.25. The molecule has 0 saturated heterocycles. The normalized spacial score (nSPS) is 9.50. The summed E-state index contributed by atoms with van der Waals surface area (Å²) < 4.78 is 15.0. The summed E-state index contributed by atoms with van der Waals surface area (Å²) in [6.45, 7) is 0. The van der Waals surface area contributed by atoms with Gasteiger partial charge in [-0.3, -0.25) is 4.11 Å². The lowest BCUT2D eigenvalue weighted by molar-refractivity contribution is 0.536. The fourth-order valence-corrected chi connectivity index (χ4v) is 0.295. The molecule has 0 heterocycles. The van der Waals surface area contributed by atoms with Crippen LogP contribution in [0.5, 0.6) is 0 Å². The molecule has 5 heteroatoms. The van der Waals surface area contributed by atoms with Crippen molar-refractivity contribution in [2.24, 2.45) is 5.73 Å². The van der Waals surface area contributed by atoms with Gasteiger partial charge in [0.2, 0.25) is 5.17 Å². The van der Waals surface area contributed by atoms with Crippen molar-refractivity contribution in [1.29, 1.82) is 0 Å². The molecule has 0 bridgehead atoms. The van der Waals surface area contributed by atoms with Crippen LogP contribution in [0.2, 0.25) is 0 Å². The Hall–Kier alpha value is -0.163. The highest BCUT2D eigenvalue weighted by molar-refractivity contribution is 7.80. The van der Waals surface area contributed by atoms with Gasteiger partial charge in [-0.1, -0.05) is 0 Å². The second kappa shape index (κ2) is 3.04. The van der Waals surface area contributed by atoms with Crippen molar-refractivity contribution < 1.29 is 8.53 Å². The van der Waals surface area contributed by atoms with E-state index in [9.17, 15) is 4.11 Å². The molecule has 0 amide bonds. The van der Waals surface area contributed by atoms with Crippen molar-refractivity contribution in [3.63, 3.8) is 0 Å². The number of rotatable bonds is 1. The lowest BCUT2D eigenvalue weighted by Crippen LogP contribution is -2.12. The fraction of sp³-hybridized carbons (Fsp3) is 0. The zero-order chi connectivity index (χ0) is 4.99. The van der Waals surface area contributed by atoms with Gasteiger partial charge in [-0.15, -0.1) is 0 Å². The van der Waals surface area contributed by atoms with Crippen LogP contribution in [0.1, 0.15) is 0 Å². The van der Waals surface area contributed by atoms with Gasteiger partial charge in [-0.25, -0.2) is 0 Å². The maximum atomic E-state index is 11.0. The molecule has 0 atom stereocenters. The smallest absolute Gasteiger partial charge is 0.410 e. The molecule has 6 heavy (non-hydrogen) atoms. The Morgan fingerprint density at radius 3 is 2.50 bits per heavy atom. The third-order valence-electron chi connectivity index (χ3n) is 0.197. The number of hydrogen-bond acceptors (Lipinski definition) is 2. The lowest BCUT2D eigenvalue weighted by Gasteiger charge is -1.90. The topological polar surface area (TPSA) is 35.2 Å². The van der Waals surface area contributed by atoms with E-state index >= 15 is 0 Å². The van der Waals surface area contributed by atoms with Crippen LogP contribution in [0.4, 0.5) is 4.11 Å². The van der Waals surface area contributed by atoms with Crippen LogP contribution in [0.3, 0.4) is 0 Å². The average molecular weight is 125 g/mol. The Bertz CT molecular complexity index is 59.5. The van der Waals surface area contributed by atoms with Crippen molar-refractivity contribution in [3.8, 4) is 0 Å². The minimum absolute atomic E-state index is 0.191. The van der Waals surface area contributed by atoms with Crippen LogP contribution in [0.15, 0.2) is 0 Å². The van der Waals surface area contributed by atoms with Crippen LogP contribution >= 0.6 is 12.2 Å². The molecule has 0 aliphatic heterocycles. The molecule has 0 unspecified atom stereocenters. The highest BCUT2D eigenvalue weighted by Gasteiger charge is 1.81. The van der Waals surface area contributed by atoms with Crippen molar-refractivity contribution in [2.75, 3.05) is 0 Å². The fourth-order valence-electron chi connectivity index (χ4n) is 0.0538. The Morgan fingerprint density at radius 2 is 2.50 bits per heavy atom. The van der Waals surface area contributed by atoms with Gasteiger partial charge in [0.25, 0.3) is 0 Å². The van der Waals surface area contributed by atoms with E-state index < -0.39 is 10.1 Å². The lowest BCUT2D eigenvalue weighted by atomic mass is 11.4. The first-order valence-corrected chi connectivity index (χ1v) is 2.77. The van der Waals surface area contributed by atoms with E-state index in [-0.39, 0.29) is 5.17 Å². The van der Waals surface area contributed by atoms with Crippen LogP contribution in [0.25, 0.3) is 0 Å². The van der Waals surface area contributed by atoms with Crippen molar-refractivity contribution in [3.05, 3.63) is 0 Å². The second-order valence-electron chi connectivity index (χ2n) is 0.572. The minimum Gasteiger partial charge on any atom is -0.501 e. The van der Waals surface area contributed by atoms with Gasteiger partial charge in [0.1, 0.15) is 0 Å². The molecule has 0 aromatic rings. The van der Waals surface area contributed by atoms with E-state index in [0.717, 1.165) is 0 Å². The van der Waals surface area contributed by atoms with Crippen molar-refractivity contribution in [1.82, 2.24) is 0 Å². The summed E-state index contributed by atoms with van der Waals surface area (Å²) in [4.78, 5) is 0. The second-order valence-corrected chi connectivity index (χ2v) is 1.48. The van der Waals surface area contributed by atoms with Gasteiger partial charge >= 0.3 is 10.1 Å². The zero-order valence-electron chi connectivity index (χ0n) is 2.98. The summed E-state index contributed by atoms with van der Waals surface area (Å²) in [6.07, 6.45) is 0. The van der Waals surface area contributed by atoms with Gasteiger partial charge in [0, 0.05) is 0 Å². The summed E-state index contributed by atoms with van der Waals surface area (Å²) in [6, 6.07) is 0. The Balaban J connectivity index is 2.83. The van der Waals surface area contributed by atoms with E-state index in [1.165, 1.54) is 0 Å². The highest BCUT2D eigenvalue weighted by atomic mass is 32.1. The summed E-state index contributed by atoms with van der Waals surface area (Å²) in [5.41, 5.74) is 4.71. The van der Waals surface area contributed by atoms with E-state index in [1.54, 1.807) is 0 Å². The monoisotopic (exact) mass is 125 g/mol. The SMILES string of the molecule is NC(=S)O[SiH2]F. The summed E-state index contributed by atoms with van der Waals surface area (Å²) in [7, 11) is -1.90. The van der Waals surface area contributed by atoms with Gasteiger partial charge in [0.05, 0.1) is 0 Å². The first-order chi connectivity index (χ1) is 2.77. The standard InChI is InChI=1S/CH4FNOSSi/c2-6-4-1(3)5/h6H2,(H2,3,5). The number of hydrogen-bond donors (Lipinski definition) is 1. The van der Waals surface area contributed by atoms with E-state index in [1.807, 2.05) is 0 Å². The zero-order valence-corrected chi connectivity index (χ0v) is 5.21. The third-order valence-corrected chi connectivity index (χ3v) is 0.944. The van der Waals surface area contributed by atoms with Crippen LogP contribution in [0, 0.1) is 0 Å². The molecule has 0 radical (unpaired) electrons. The van der Waals surface area contributed by atoms with Crippen molar-refractivity contribution in [2.45, 2.75) is 0 Å².